The molecule has 0 amide bonds. The number of aliphatic carboxylic acids is 1. The minimum absolute atomic E-state index is 0.549. The van der Waals surface area contributed by atoms with Crippen molar-refractivity contribution in [2.24, 2.45) is 5.41 Å². The first-order valence-electron chi connectivity index (χ1n) is 6.35. The van der Waals surface area contributed by atoms with Crippen molar-refractivity contribution in [3.63, 3.8) is 0 Å². The molecule has 1 saturated heterocycles. The standard InChI is InChI=1S/C13H19N3O2/c1-3-13(12(17)18)4-8-16(9-5-13)11-10(2)14-6-7-15-11/h6-7H,3-5,8-9H2,1-2H3,(H,17,18). The lowest BCUT2D eigenvalue weighted by Crippen LogP contribution is -2.44. The summed E-state index contributed by atoms with van der Waals surface area (Å²) in [6.45, 7) is 5.36. The summed E-state index contributed by atoms with van der Waals surface area (Å²) in [5.41, 5.74) is 0.351. The molecule has 0 radical (unpaired) electrons. The number of carboxylic acids is 1. The number of carboxylic acid groups (broad SMARTS) is 1. The molecule has 1 fully saturated rings. The lowest BCUT2D eigenvalue weighted by atomic mass is 9.76. The van der Waals surface area contributed by atoms with E-state index in [0.717, 1.165) is 24.6 Å². The van der Waals surface area contributed by atoms with Crippen molar-refractivity contribution in [1.82, 2.24) is 9.97 Å². The number of anilines is 1. The quantitative estimate of drug-likeness (QED) is 0.885. The Labute approximate surface area is 107 Å². The Hall–Kier alpha value is -1.65. The average Bonchev–Trinajstić information content (AvgIpc) is 2.39. The minimum atomic E-state index is -0.666. The highest BCUT2D eigenvalue weighted by Crippen LogP contribution is 2.36. The molecule has 1 aliphatic rings. The summed E-state index contributed by atoms with van der Waals surface area (Å²) in [4.78, 5) is 22.1. The van der Waals surface area contributed by atoms with Gasteiger partial charge in [0.05, 0.1) is 11.1 Å². The van der Waals surface area contributed by atoms with Gasteiger partial charge in [0, 0.05) is 25.5 Å². The third-order valence-corrected chi connectivity index (χ3v) is 4.01. The van der Waals surface area contributed by atoms with Crippen molar-refractivity contribution in [2.45, 2.75) is 33.1 Å². The fourth-order valence-corrected chi connectivity index (χ4v) is 2.58. The van der Waals surface area contributed by atoms with Crippen molar-refractivity contribution in [3.05, 3.63) is 18.1 Å². The molecule has 0 aliphatic carbocycles. The lowest BCUT2D eigenvalue weighted by Gasteiger charge is -2.39. The Morgan fingerprint density at radius 1 is 1.39 bits per heavy atom. The summed E-state index contributed by atoms with van der Waals surface area (Å²) in [6, 6.07) is 0. The van der Waals surface area contributed by atoms with Crippen LogP contribution in [0.1, 0.15) is 31.9 Å². The maximum atomic E-state index is 11.4. The molecule has 98 valence electrons. The molecule has 0 unspecified atom stereocenters. The largest absolute Gasteiger partial charge is 0.481 e. The fourth-order valence-electron chi connectivity index (χ4n) is 2.58. The van der Waals surface area contributed by atoms with Crippen molar-refractivity contribution >= 4 is 11.8 Å². The van der Waals surface area contributed by atoms with Gasteiger partial charge in [-0.15, -0.1) is 0 Å². The second-order valence-corrected chi connectivity index (χ2v) is 4.89. The second-order valence-electron chi connectivity index (χ2n) is 4.89. The zero-order valence-electron chi connectivity index (χ0n) is 10.9. The zero-order valence-corrected chi connectivity index (χ0v) is 10.9. The van der Waals surface area contributed by atoms with Gasteiger partial charge in [0.2, 0.25) is 0 Å². The molecule has 18 heavy (non-hydrogen) atoms. The number of carbonyl (C=O) groups is 1. The molecule has 0 saturated carbocycles. The van der Waals surface area contributed by atoms with Crippen LogP contribution < -0.4 is 4.90 Å². The lowest BCUT2D eigenvalue weighted by molar-refractivity contribution is -0.150. The first-order chi connectivity index (χ1) is 8.59. The monoisotopic (exact) mass is 249 g/mol. The number of hydrogen-bond acceptors (Lipinski definition) is 4. The van der Waals surface area contributed by atoms with Crippen LogP contribution in [0.15, 0.2) is 12.4 Å². The Morgan fingerprint density at radius 2 is 2.00 bits per heavy atom. The van der Waals surface area contributed by atoms with Crippen molar-refractivity contribution in [1.29, 1.82) is 0 Å². The maximum Gasteiger partial charge on any atom is 0.309 e. The van der Waals surface area contributed by atoms with Crippen LogP contribution in [0.4, 0.5) is 5.82 Å². The van der Waals surface area contributed by atoms with Crippen LogP contribution in [0.2, 0.25) is 0 Å². The van der Waals surface area contributed by atoms with Crippen LogP contribution in [-0.2, 0) is 4.79 Å². The van der Waals surface area contributed by atoms with E-state index in [1.165, 1.54) is 0 Å². The molecule has 2 rings (SSSR count). The highest BCUT2D eigenvalue weighted by Gasteiger charge is 2.40. The van der Waals surface area contributed by atoms with Gasteiger partial charge in [-0.05, 0) is 26.2 Å². The van der Waals surface area contributed by atoms with Gasteiger partial charge in [0.1, 0.15) is 5.82 Å². The summed E-state index contributed by atoms with van der Waals surface area (Å²) < 4.78 is 0. The van der Waals surface area contributed by atoms with Gasteiger partial charge in [-0.25, -0.2) is 4.98 Å². The SMILES string of the molecule is CCC1(C(=O)O)CCN(c2nccnc2C)CC1. The molecule has 0 spiro atoms. The second kappa shape index (κ2) is 4.92. The van der Waals surface area contributed by atoms with Crippen molar-refractivity contribution < 1.29 is 9.90 Å². The average molecular weight is 249 g/mol. The van der Waals surface area contributed by atoms with E-state index in [9.17, 15) is 9.90 Å². The Kier molecular flexibility index (Phi) is 3.50. The molecule has 1 aromatic rings. The van der Waals surface area contributed by atoms with E-state index < -0.39 is 11.4 Å². The highest BCUT2D eigenvalue weighted by molar-refractivity contribution is 5.75. The van der Waals surface area contributed by atoms with E-state index >= 15 is 0 Å². The number of piperidine rings is 1. The fraction of sp³-hybridized carbons (Fsp3) is 0.615. The predicted octanol–water partition coefficient (Wildman–Crippen LogP) is 1.87. The molecular weight excluding hydrogens is 230 g/mol. The summed E-state index contributed by atoms with van der Waals surface area (Å²) in [6.07, 6.45) is 5.40. The molecule has 1 aliphatic heterocycles. The molecule has 0 atom stereocenters. The molecule has 5 nitrogen and oxygen atoms in total. The van der Waals surface area contributed by atoms with Gasteiger partial charge < -0.3 is 10.0 Å². The molecule has 1 aromatic heterocycles. The Bertz CT molecular complexity index is 440. The molecule has 5 heteroatoms. The van der Waals surface area contributed by atoms with Gasteiger partial charge in [0.15, 0.2) is 0 Å². The van der Waals surface area contributed by atoms with Crippen LogP contribution in [0.3, 0.4) is 0 Å². The number of hydrogen-bond donors (Lipinski definition) is 1. The number of nitrogens with zero attached hydrogens (tertiary/aromatic N) is 3. The Morgan fingerprint density at radius 3 is 2.50 bits per heavy atom. The van der Waals surface area contributed by atoms with Gasteiger partial charge in [-0.2, -0.15) is 0 Å². The van der Waals surface area contributed by atoms with Crippen LogP contribution >= 0.6 is 0 Å². The van der Waals surface area contributed by atoms with E-state index in [-0.39, 0.29) is 0 Å². The smallest absolute Gasteiger partial charge is 0.309 e. The van der Waals surface area contributed by atoms with Gasteiger partial charge in [0.25, 0.3) is 0 Å². The minimum Gasteiger partial charge on any atom is -0.481 e. The van der Waals surface area contributed by atoms with Crippen molar-refractivity contribution in [2.75, 3.05) is 18.0 Å². The Balaban J connectivity index is 2.11. The van der Waals surface area contributed by atoms with E-state index in [2.05, 4.69) is 14.9 Å². The zero-order chi connectivity index (χ0) is 13.2. The third-order valence-electron chi connectivity index (χ3n) is 4.01. The first kappa shape index (κ1) is 12.8. The number of rotatable bonds is 3. The van der Waals surface area contributed by atoms with E-state index in [0.29, 0.717) is 19.3 Å². The summed E-state index contributed by atoms with van der Waals surface area (Å²) in [5.74, 6) is 0.216. The van der Waals surface area contributed by atoms with E-state index in [1.54, 1.807) is 12.4 Å². The van der Waals surface area contributed by atoms with Gasteiger partial charge in [-0.3, -0.25) is 9.78 Å². The summed E-state index contributed by atoms with van der Waals surface area (Å²) in [5, 5.41) is 9.35. The highest BCUT2D eigenvalue weighted by atomic mass is 16.4. The number of aryl methyl sites for hydroxylation is 1. The van der Waals surface area contributed by atoms with E-state index in [4.69, 9.17) is 0 Å². The van der Waals surface area contributed by atoms with Crippen LogP contribution in [0.5, 0.6) is 0 Å². The van der Waals surface area contributed by atoms with Gasteiger partial charge >= 0.3 is 5.97 Å². The molecule has 2 heterocycles. The maximum absolute atomic E-state index is 11.4. The van der Waals surface area contributed by atoms with E-state index in [1.807, 2.05) is 13.8 Å². The topological polar surface area (TPSA) is 66.3 Å². The van der Waals surface area contributed by atoms with Crippen LogP contribution in [-0.4, -0.2) is 34.1 Å². The van der Waals surface area contributed by atoms with Crippen molar-refractivity contribution in [3.8, 4) is 0 Å². The molecular formula is C13H19N3O2. The normalized spacial score (nSPS) is 18.7. The van der Waals surface area contributed by atoms with Crippen LogP contribution in [0, 0.1) is 12.3 Å². The molecule has 0 aromatic carbocycles. The van der Waals surface area contributed by atoms with Crippen LogP contribution in [0.25, 0.3) is 0 Å². The first-order valence-corrected chi connectivity index (χ1v) is 6.35. The van der Waals surface area contributed by atoms with Gasteiger partial charge in [-0.1, -0.05) is 6.92 Å². The molecule has 1 N–H and O–H groups in total. The predicted molar refractivity (Wildman–Crippen MR) is 68.6 cm³/mol. The molecule has 0 bridgehead atoms. The third kappa shape index (κ3) is 2.17. The number of aromatic nitrogens is 2. The summed E-state index contributed by atoms with van der Waals surface area (Å²) >= 11 is 0. The summed E-state index contributed by atoms with van der Waals surface area (Å²) in [7, 11) is 0.